The maximum Gasteiger partial charge on any atom is 0.408 e. The number of carboxylic acids is 1. The summed E-state index contributed by atoms with van der Waals surface area (Å²) in [5.74, 6) is -1.13. The van der Waals surface area contributed by atoms with E-state index in [0.29, 0.717) is 12.8 Å². The van der Waals surface area contributed by atoms with Gasteiger partial charge in [0.05, 0.1) is 0 Å². The Morgan fingerprint density at radius 1 is 1.25 bits per heavy atom. The lowest BCUT2D eigenvalue weighted by atomic mass is 9.80. The molecule has 0 aliphatic carbocycles. The van der Waals surface area contributed by atoms with E-state index < -0.39 is 35.3 Å². The van der Waals surface area contributed by atoms with Crippen molar-refractivity contribution < 1.29 is 24.6 Å². The SMILES string of the molecule is CC(NC(=O)OC1CC(C)(C)N([O])C(C)(C)C1)C(=O)O. The summed E-state index contributed by atoms with van der Waals surface area (Å²) in [4.78, 5) is 22.3. The first kappa shape index (κ1) is 16.7. The third-order valence-electron chi connectivity index (χ3n) is 3.53. The second-order valence-electron chi connectivity index (χ2n) is 6.56. The smallest absolute Gasteiger partial charge is 0.408 e. The number of carbonyl (C=O) groups is 2. The first-order chi connectivity index (χ1) is 8.95. The normalized spacial score (nSPS) is 23.9. The van der Waals surface area contributed by atoms with Crippen LogP contribution in [0, 0.1) is 0 Å². The molecule has 1 heterocycles. The quantitative estimate of drug-likeness (QED) is 0.820. The molecule has 1 atom stereocenters. The average Bonchev–Trinajstić information content (AvgIpc) is 2.24. The predicted molar refractivity (Wildman–Crippen MR) is 70.4 cm³/mol. The minimum absolute atomic E-state index is 0.411. The Bertz CT molecular complexity index is 376. The van der Waals surface area contributed by atoms with E-state index in [2.05, 4.69) is 5.32 Å². The van der Waals surface area contributed by atoms with Gasteiger partial charge in [-0.1, -0.05) is 0 Å². The number of amides is 1. The highest BCUT2D eigenvalue weighted by molar-refractivity contribution is 5.79. The van der Waals surface area contributed by atoms with Gasteiger partial charge >= 0.3 is 12.1 Å². The fourth-order valence-electron chi connectivity index (χ4n) is 2.68. The maximum atomic E-state index is 12.1. The van der Waals surface area contributed by atoms with Crippen molar-refractivity contribution in [1.29, 1.82) is 0 Å². The van der Waals surface area contributed by atoms with Gasteiger partial charge in [-0.15, -0.1) is 10.3 Å². The van der Waals surface area contributed by atoms with E-state index in [1.54, 1.807) is 27.7 Å². The van der Waals surface area contributed by atoms with Crippen molar-refractivity contribution in [2.75, 3.05) is 0 Å². The highest BCUT2D eigenvalue weighted by Gasteiger charge is 2.47. The van der Waals surface area contributed by atoms with E-state index in [-0.39, 0.29) is 0 Å². The summed E-state index contributed by atoms with van der Waals surface area (Å²) < 4.78 is 5.25. The van der Waals surface area contributed by atoms with Crippen LogP contribution in [0.5, 0.6) is 0 Å². The second-order valence-corrected chi connectivity index (χ2v) is 6.56. The zero-order valence-corrected chi connectivity index (χ0v) is 12.6. The van der Waals surface area contributed by atoms with Crippen LogP contribution in [0.3, 0.4) is 0 Å². The summed E-state index contributed by atoms with van der Waals surface area (Å²) in [6.45, 7) is 8.56. The lowest BCUT2D eigenvalue weighted by molar-refractivity contribution is -0.298. The van der Waals surface area contributed by atoms with Gasteiger partial charge in [0.25, 0.3) is 0 Å². The number of aliphatic carboxylic acids is 1. The van der Waals surface area contributed by atoms with Crippen LogP contribution in [0.1, 0.15) is 47.5 Å². The molecule has 1 saturated heterocycles. The first-order valence-electron chi connectivity index (χ1n) is 6.63. The van der Waals surface area contributed by atoms with Gasteiger partial charge in [0.1, 0.15) is 12.1 Å². The molecule has 1 unspecified atom stereocenters. The molecular weight excluding hydrogens is 264 g/mol. The molecule has 1 radical (unpaired) electrons. The fraction of sp³-hybridized carbons (Fsp3) is 0.846. The number of hydroxylamine groups is 2. The summed E-state index contributed by atoms with van der Waals surface area (Å²) in [6.07, 6.45) is -0.356. The summed E-state index contributed by atoms with van der Waals surface area (Å²) in [7, 11) is 0. The second kappa shape index (κ2) is 5.57. The van der Waals surface area contributed by atoms with Crippen LogP contribution < -0.4 is 5.32 Å². The fourth-order valence-corrected chi connectivity index (χ4v) is 2.68. The van der Waals surface area contributed by atoms with E-state index in [1.807, 2.05) is 0 Å². The number of nitrogens with zero attached hydrogens (tertiary/aromatic N) is 1. The summed E-state index contributed by atoms with van der Waals surface area (Å²) >= 11 is 0. The molecule has 2 N–H and O–H groups in total. The number of alkyl carbamates (subject to hydrolysis) is 1. The van der Waals surface area contributed by atoms with E-state index in [0.717, 1.165) is 5.06 Å². The summed E-state index contributed by atoms with van der Waals surface area (Å²) in [5.41, 5.74) is -1.27. The van der Waals surface area contributed by atoms with Crippen LogP contribution in [-0.2, 0) is 14.7 Å². The van der Waals surface area contributed by atoms with E-state index in [1.165, 1.54) is 6.92 Å². The maximum absolute atomic E-state index is 12.1. The van der Waals surface area contributed by atoms with Gasteiger partial charge in [-0.05, 0) is 34.6 Å². The Morgan fingerprint density at radius 2 is 1.70 bits per heavy atom. The number of piperidine rings is 1. The molecule has 1 fully saturated rings. The first-order valence-corrected chi connectivity index (χ1v) is 6.63. The summed E-state index contributed by atoms with van der Waals surface area (Å²) in [5, 5.41) is 24.1. The molecule has 20 heavy (non-hydrogen) atoms. The van der Waals surface area contributed by atoms with Crippen molar-refractivity contribution in [2.45, 2.75) is 70.7 Å². The molecule has 0 aromatic heterocycles. The van der Waals surface area contributed by atoms with Gasteiger partial charge in [-0.3, -0.25) is 4.79 Å². The van der Waals surface area contributed by atoms with E-state index in [4.69, 9.17) is 9.84 Å². The molecule has 115 valence electrons. The standard InChI is InChI=1S/C13H23N2O5/c1-8(10(16)17)14-11(18)20-9-6-12(2,3)15(19)13(4,5)7-9/h8-9H,6-7H2,1-5H3,(H,14,18)(H,16,17). The Hall–Kier alpha value is -1.34. The molecule has 1 amide bonds. The number of nitrogens with one attached hydrogen (secondary N) is 1. The molecule has 0 bridgehead atoms. The van der Waals surface area contributed by atoms with Crippen LogP contribution >= 0.6 is 0 Å². The molecule has 0 aromatic rings. The number of ether oxygens (including phenoxy) is 1. The van der Waals surface area contributed by atoms with Gasteiger partial charge in [-0.2, -0.15) is 0 Å². The molecule has 7 heteroatoms. The third kappa shape index (κ3) is 3.83. The van der Waals surface area contributed by atoms with Crippen LogP contribution in [0.2, 0.25) is 0 Å². The zero-order chi connectivity index (χ0) is 15.7. The number of hydrogen-bond donors (Lipinski definition) is 2. The molecular formula is C13H23N2O5. The predicted octanol–water partition coefficient (Wildman–Crippen LogP) is 1.55. The minimum atomic E-state index is -1.13. The van der Waals surface area contributed by atoms with Crippen LogP contribution in [0.4, 0.5) is 4.79 Å². The van der Waals surface area contributed by atoms with Gasteiger partial charge in [-0.25, -0.2) is 4.79 Å². The number of hydrogen-bond acceptors (Lipinski definition) is 4. The third-order valence-corrected chi connectivity index (χ3v) is 3.53. The Balaban J connectivity index is 2.65. The Labute approximate surface area is 118 Å². The van der Waals surface area contributed by atoms with Gasteiger partial charge in [0.15, 0.2) is 0 Å². The van der Waals surface area contributed by atoms with Gasteiger partial charge in [0, 0.05) is 23.9 Å². The van der Waals surface area contributed by atoms with Crippen molar-refractivity contribution in [2.24, 2.45) is 0 Å². The number of carbonyl (C=O) groups excluding carboxylic acids is 1. The van der Waals surface area contributed by atoms with E-state index >= 15 is 0 Å². The number of carboxylic acid groups (broad SMARTS) is 1. The van der Waals surface area contributed by atoms with Crippen molar-refractivity contribution in [3.8, 4) is 0 Å². The molecule has 1 aliphatic heterocycles. The van der Waals surface area contributed by atoms with Crippen LogP contribution in [0.15, 0.2) is 0 Å². The van der Waals surface area contributed by atoms with Gasteiger partial charge < -0.3 is 15.2 Å². The zero-order valence-electron chi connectivity index (χ0n) is 12.6. The summed E-state index contributed by atoms with van der Waals surface area (Å²) in [6, 6.07) is -1.01. The number of rotatable bonds is 3. The Kier molecular flexibility index (Phi) is 4.66. The molecule has 0 saturated carbocycles. The van der Waals surface area contributed by atoms with Crippen molar-refractivity contribution in [1.82, 2.24) is 10.4 Å². The van der Waals surface area contributed by atoms with E-state index in [9.17, 15) is 14.8 Å². The highest BCUT2D eigenvalue weighted by atomic mass is 16.6. The van der Waals surface area contributed by atoms with Crippen molar-refractivity contribution in [3.05, 3.63) is 0 Å². The molecule has 0 aromatic carbocycles. The average molecular weight is 287 g/mol. The molecule has 1 aliphatic rings. The van der Waals surface area contributed by atoms with Crippen LogP contribution in [-0.4, -0.2) is 45.5 Å². The van der Waals surface area contributed by atoms with Crippen LogP contribution in [0.25, 0.3) is 0 Å². The lowest BCUT2D eigenvalue weighted by Gasteiger charge is -2.49. The lowest BCUT2D eigenvalue weighted by Crippen LogP contribution is -2.60. The monoisotopic (exact) mass is 287 g/mol. The Morgan fingerprint density at radius 3 is 2.10 bits per heavy atom. The minimum Gasteiger partial charge on any atom is -0.480 e. The largest absolute Gasteiger partial charge is 0.480 e. The molecule has 7 nitrogen and oxygen atoms in total. The topological polar surface area (TPSA) is 98.8 Å². The van der Waals surface area contributed by atoms with Gasteiger partial charge in [0.2, 0.25) is 0 Å². The molecule has 1 rings (SSSR count). The van der Waals surface area contributed by atoms with Crippen molar-refractivity contribution in [3.63, 3.8) is 0 Å². The highest BCUT2D eigenvalue weighted by Crippen LogP contribution is 2.38. The molecule has 0 spiro atoms. The van der Waals surface area contributed by atoms with Crippen molar-refractivity contribution >= 4 is 12.1 Å².